The van der Waals surface area contributed by atoms with Crippen molar-refractivity contribution >= 4 is 24.2 Å². The number of hydrogen-bond donors (Lipinski definition) is 1. The summed E-state index contributed by atoms with van der Waals surface area (Å²) < 4.78 is 0. The van der Waals surface area contributed by atoms with E-state index in [4.69, 9.17) is 24.2 Å². The minimum atomic E-state index is 0.430. The van der Waals surface area contributed by atoms with Gasteiger partial charge in [-0.2, -0.15) is 12.6 Å². The lowest BCUT2D eigenvalue weighted by Crippen LogP contribution is -2.52. The third-order valence-corrected chi connectivity index (χ3v) is 5.12. The molecular formula is C15H22ClNS. The number of piperidine rings is 1. The third kappa shape index (κ3) is 3.04. The second-order valence-electron chi connectivity index (χ2n) is 5.37. The highest BCUT2D eigenvalue weighted by atomic mass is 35.5. The summed E-state index contributed by atoms with van der Waals surface area (Å²) in [5, 5.41) is 0.430. The molecule has 0 saturated carbocycles. The van der Waals surface area contributed by atoms with Crippen LogP contribution in [0.3, 0.4) is 0 Å². The fourth-order valence-electron chi connectivity index (χ4n) is 2.95. The first-order valence-corrected chi connectivity index (χ1v) is 7.72. The maximum Gasteiger partial charge on any atom is 0.0277 e. The summed E-state index contributed by atoms with van der Waals surface area (Å²) in [4.78, 5) is 2.56. The maximum atomic E-state index is 6.11. The van der Waals surface area contributed by atoms with E-state index in [1.165, 1.54) is 5.56 Å². The van der Waals surface area contributed by atoms with Gasteiger partial charge >= 0.3 is 0 Å². The molecule has 1 aromatic carbocycles. The number of nitrogens with zero attached hydrogens (tertiary/aromatic N) is 1. The van der Waals surface area contributed by atoms with Crippen LogP contribution in [0.5, 0.6) is 0 Å². The zero-order valence-corrected chi connectivity index (χ0v) is 12.7. The van der Waals surface area contributed by atoms with Gasteiger partial charge in [-0.25, -0.2) is 0 Å². The number of rotatable bonds is 3. The first-order valence-electron chi connectivity index (χ1n) is 6.67. The van der Waals surface area contributed by atoms with E-state index in [0.717, 1.165) is 13.0 Å². The van der Waals surface area contributed by atoms with Crippen molar-refractivity contribution in [1.82, 2.24) is 4.90 Å². The summed E-state index contributed by atoms with van der Waals surface area (Å²) in [7, 11) is 0. The molecule has 1 fully saturated rings. The molecule has 1 aliphatic rings. The summed E-state index contributed by atoms with van der Waals surface area (Å²) in [5.41, 5.74) is 1.38. The molecule has 18 heavy (non-hydrogen) atoms. The number of halogens is 1. The van der Waals surface area contributed by atoms with Crippen LogP contribution < -0.4 is 0 Å². The van der Waals surface area contributed by atoms with Crippen LogP contribution >= 0.6 is 24.2 Å². The zero-order valence-electron chi connectivity index (χ0n) is 11.1. The first kappa shape index (κ1) is 14.2. The Morgan fingerprint density at radius 2 is 1.94 bits per heavy atom. The van der Waals surface area contributed by atoms with Crippen LogP contribution in [0.25, 0.3) is 0 Å². The largest absolute Gasteiger partial charge is 0.293 e. The molecule has 3 heteroatoms. The van der Waals surface area contributed by atoms with Gasteiger partial charge in [0.25, 0.3) is 0 Å². The van der Waals surface area contributed by atoms with Gasteiger partial charge in [0.05, 0.1) is 0 Å². The highest BCUT2D eigenvalue weighted by molar-refractivity contribution is 7.81. The molecule has 0 N–H and O–H groups in total. The highest BCUT2D eigenvalue weighted by Gasteiger charge is 2.36. The zero-order chi connectivity index (χ0) is 13.1. The van der Waals surface area contributed by atoms with Crippen LogP contribution in [-0.2, 0) is 6.54 Å². The molecule has 1 saturated heterocycles. The Morgan fingerprint density at radius 1 is 1.28 bits per heavy atom. The Morgan fingerprint density at radius 3 is 2.56 bits per heavy atom. The second-order valence-corrected chi connectivity index (χ2v) is 6.34. The Labute approximate surface area is 121 Å². The Bertz CT molecular complexity index is 370. The van der Waals surface area contributed by atoms with Crippen LogP contribution in [0.1, 0.15) is 25.8 Å². The van der Waals surface area contributed by atoms with Gasteiger partial charge in [-0.1, -0.05) is 30.3 Å². The molecule has 0 spiro atoms. The van der Waals surface area contributed by atoms with E-state index >= 15 is 0 Å². The molecule has 0 aromatic heterocycles. The van der Waals surface area contributed by atoms with E-state index in [9.17, 15) is 0 Å². The number of thiol groups is 1. The summed E-state index contributed by atoms with van der Waals surface area (Å²) in [5.74, 6) is 1.18. The molecule has 1 aromatic rings. The highest BCUT2D eigenvalue weighted by Crippen LogP contribution is 2.33. The van der Waals surface area contributed by atoms with Crippen LogP contribution in [-0.4, -0.2) is 28.1 Å². The minimum Gasteiger partial charge on any atom is -0.293 e. The Hall–Kier alpha value is -0.180. The number of hydrogen-bond acceptors (Lipinski definition) is 2. The molecule has 0 bridgehead atoms. The van der Waals surface area contributed by atoms with Crippen LogP contribution in [0.2, 0.25) is 0 Å². The Balaban J connectivity index is 2.11. The molecule has 0 aliphatic carbocycles. The summed E-state index contributed by atoms with van der Waals surface area (Å²) in [6.07, 6.45) is 1.12. The topological polar surface area (TPSA) is 3.24 Å². The van der Waals surface area contributed by atoms with E-state index in [2.05, 4.69) is 49.1 Å². The fraction of sp³-hybridized carbons (Fsp3) is 0.600. The van der Waals surface area contributed by atoms with Crippen LogP contribution in [0.4, 0.5) is 0 Å². The van der Waals surface area contributed by atoms with E-state index in [0.29, 0.717) is 29.1 Å². The molecule has 1 nitrogen and oxygen atoms in total. The van der Waals surface area contributed by atoms with Crippen LogP contribution in [0.15, 0.2) is 30.3 Å². The van der Waals surface area contributed by atoms with E-state index < -0.39 is 0 Å². The van der Waals surface area contributed by atoms with Crippen molar-refractivity contribution in [3.63, 3.8) is 0 Å². The van der Waals surface area contributed by atoms with Gasteiger partial charge < -0.3 is 0 Å². The molecule has 0 amide bonds. The van der Waals surface area contributed by atoms with Crippen molar-refractivity contribution < 1.29 is 0 Å². The van der Waals surface area contributed by atoms with Gasteiger partial charge in [0, 0.05) is 29.8 Å². The molecule has 4 atom stereocenters. The van der Waals surface area contributed by atoms with Gasteiger partial charge in [-0.15, -0.1) is 11.6 Å². The summed E-state index contributed by atoms with van der Waals surface area (Å²) in [6, 6.07) is 11.7. The number of alkyl halides is 1. The van der Waals surface area contributed by atoms with Crippen molar-refractivity contribution in [3.8, 4) is 0 Å². The smallest absolute Gasteiger partial charge is 0.0277 e. The van der Waals surface area contributed by atoms with Crippen molar-refractivity contribution in [3.05, 3.63) is 35.9 Å². The molecular weight excluding hydrogens is 262 g/mol. The van der Waals surface area contributed by atoms with Gasteiger partial charge in [-0.05, 0) is 31.7 Å². The van der Waals surface area contributed by atoms with Crippen molar-refractivity contribution in [1.29, 1.82) is 0 Å². The minimum absolute atomic E-state index is 0.430. The van der Waals surface area contributed by atoms with Gasteiger partial charge in [0.1, 0.15) is 0 Å². The Kier molecular flexibility index (Phi) is 4.99. The number of likely N-dealkylation sites (tertiary alicyclic amines) is 1. The predicted molar refractivity (Wildman–Crippen MR) is 82.5 cm³/mol. The lowest BCUT2D eigenvalue weighted by Gasteiger charge is -2.46. The first-order chi connectivity index (χ1) is 8.63. The lowest BCUT2D eigenvalue weighted by molar-refractivity contribution is 0.0632. The quantitative estimate of drug-likeness (QED) is 0.652. The van der Waals surface area contributed by atoms with Gasteiger partial charge in [0.15, 0.2) is 0 Å². The van der Waals surface area contributed by atoms with Gasteiger partial charge in [0.2, 0.25) is 0 Å². The normalized spacial score (nSPS) is 33.6. The van der Waals surface area contributed by atoms with Crippen molar-refractivity contribution in [2.45, 2.75) is 44.1 Å². The van der Waals surface area contributed by atoms with E-state index in [1.54, 1.807) is 0 Å². The number of benzene rings is 1. The van der Waals surface area contributed by atoms with Gasteiger partial charge in [-0.3, -0.25) is 4.90 Å². The summed E-state index contributed by atoms with van der Waals surface area (Å²) in [6.45, 7) is 5.60. The molecule has 0 radical (unpaired) electrons. The maximum absolute atomic E-state index is 6.11. The lowest BCUT2D eigenvalue weighted by atomic mass is 9.87. The van der Waals surface area contributed by atoms with Crippen molar-refractivity contribution in [2.75, 3.05) is 5.88 Å². The molecule has 2 rings (SSSR count). The molecule has 100 valence electrons. The predicted octanol–water partition coefficient (Wildman–Crippen LogP) is 3.82. The second kappa shape index (κ2) is 6.31. The SMILES string of the molecule is CC1CC(S)C(CCl)C(C)N1Cc1ccccc1. The average molecular weight is 284 g/mol. The standard InChI is InChI=1S/C15H22ClNS/c1-11-8-15(18)14(9-16)12(2)17(11)10-13-6-4-3-5-7-13/h3-7,11-12,14-15,18H,8-10H2,1-2H3. The summed E-state index contributed by atoms with van der Waals surface area (Å²) >= 11 is 10.8. The van der Waals surface area contributed by atoms with E-state index in [-0.39, 0.29) is 0 Å². The average Bonchev–Trinajstić information content (AvgIpc) is 2.36. The van der Waals surface area contributed by atoms with Crippen molar-refractivity contribution in [2.24, 2.45) is 5.92 Å². The molecule has 1 heterocycles. The molecule has 4 unspecified atom stereocenters. The monoisotopic (exact) mass is 283 g/mol. The van der Waals surface area contributed by atoms with E-state index in [1.807, 2.05) is 0 Å². The van der Waals surface area contributed by atoms with Crippen LogP contribution in [0, 0.1) is 5.92 Å². The third-order valence-electron chi connectivity index (χ3n) is 4.17. The fourth-order valence-corrected chi connectivity index (χ4v) is 4.21. The molecule has 1 aliphatic heterocycles.